The number of amides is 1. The van der Waals surface area contributed by atoms with E-state index in [0.717, 1.165) is 37.0 Å². The highest BCUT2D eigenvalue weighted by molar-refractivity contribution is 5.47. The van der Waals surface area contributed by atoms with Crippen LogP contribution in [-0.4, -0.2) is 35.8 Å². The lowest BCUT2D eigenvalue weighted by Gasteiger charge is -2.48. The Labute approximate surface area is 178 Å². The Hall–Kier alpha value is -2.37. The molecule has 0 saturated heterocycles. The number of rotatable bonds is 9. The lowest BCUT2D eigenvalue weighted by molar-refractivity contribution is -0.110. The van der Waals surface area contributed by atoms with E-state index in [1.807, 2.05) is 30.3 Å². The van der Waals surface area contributed by atoms with Crippen LogP contribution in [0, 0.1) is 0 Å². The first-order valence-corrected chi connectivity index (χ1v) is 11.1. The van der Waals surface area contributed by atoms with Crippen molar-refractivity contribution >= 4 is 6.41 Å². The Balaban J connectivity index is 1.46. The number of carbonyl (C=O) groups is 1. The molecule has 0 unspecified atom stereocenters. The molecule has 2 aliphatic rings. The van der Waals surface area contributed by atoms with Gasteiger partial charge in [-0.05, 0) is 49.3 Å². The van der Waals surface area contributed by atoms with E-state index < -0.39 is 6.10 Å². The highest BCUT2D eigenvalue weighted by Crippen LogP contribution is 2.49. The van der Waals surface area contributed by atoms with Crippen LogP contribution in [0.4, 0.5) is 0 Å². The predicted octanol–water partition coefficient (Wildman–Crippen LogP) is 3.30. The molecule has 3 N–H and O–H groups in total. The van der Waals surface area contributed by atoms with Crippen molar-refractivity contribution in [3.8, 4) is 5.75 Å². The summed E-state index contributed by atoms with van der Waals surface area (Å²) in [6.45, 7) is 2.57. The average Bonchev–Trinajstić information content (AvgIpc) is 2.76. The fraction of sp³-hybridized carbons (Fsp3) is 0.480. The minimum atomic E-state index is -0.687. The molecule has 5 nitrogen and oxygen atoms in total. The van der Waals surface area contributed by atoms with Crippen LogP contribution >= 0.6 is 0 Å². The Morgan fingerprint density at radius 2 is 2.00 bits per heavy atom. The van der Waals surface area contributed by atoms with Crippen molar-refractivity contribution in [3.63, 3.8) is 0 Å². The zero-order valence-electron chi connectivity index (χ0n) is 17.6. The predicted molar refractivity (Wildman–Crippen MR) is 118 cm³/mol. The molecule has 0 bridgehead atoms. The molecule has 1 aliphatic carbocycles. The molecule has 30 heavy (non-hydrogen) atoms. The first kappa shape index (κ1) is 20.9. The van der Waals surface area contributed by atoms with E-state index >= 15 is 0 Å². The Kier molecular flexibility index (Phi) is 6.40. The molecule has 3 atom stereocenters. The number of ether oxygens (including phenoxy) is 1. The molecule has 5 heteroatoms. The number of hydrogen-bond donors (Lipinski definition) is 3. The Morgan fingerprint density at radius 1 is 1.20 bits per heavy atom. The van der Waals surface area contributed by atoms with Crippen LogP contribution < -0.4 is 15.4 Å². The molecular formula is C25H32N2O3. The first-order valence-electron chi connectivity index (χ1n) is 11.1. The van der Waals surface area contributed by atoms with Gasteiger partial charge >= 0.3 is 0 Å². The van der Waals surface area contributed by atoms with Gasteiger partial charge in [0.15, 0.2) is 0 Å². The van der Waals surface area contributed by atoms with Crippen LogP contribution in [0.3, 0.4) is 0 Å². The van der Waals surface area contributed by atoms with Crippen molar-refractivity contribution in [2.75, 3.05) is 6.54 Å². The Bertz CT molecular complexity index is 851. The van der Waals surface area contributed by atoms with E-state index in [1.165, 1.54) is 17.5 Å². The number of fused-ring (bicyclic) bond motifs is 1. The highest BCUT2D eigenvalue weighted by atomic mass is 16.5. The number of aliphatic hydroxyl groups is 1. The summed E-state index contributed by atoms with van der Waals surface area (Å²) in [4.78, 5) is 11.1. The van der Waals surface area contributed by atoms with Gasteiger partial charge in [-0.1, -0.05) is 49.4 Å². The number of hydrogen-bond acceptors (Lipinski definition) is 4. The van der Waals surface area contributed by atoms with Gasteiger partial charge in [-0.3, -0.25) is 4.79 Å². The highest BCUT2D eigenvalue weighted by Gasteiger charge is 2.45. The third-order valence-corrected chi connectivity index (χ3v) is 6.64. The summed E-state index contributed by atoms with van der Waals surface area (Å²) in [5.41, 5.74) is 3.50. The van der Waals surface area contributed by atoms with Crippen LogP contribution in [0.5, 0.6) is 5.75 Å². The van der Waals surface area contributed by atoms with Crippen molar-refractivity contribution in [1.82, 2.24) is 10.6 Å². The first-order chi connectivity index (χ1) is 14.6. The monoisotopic (exact) mass is 408 g/mol. The van der Waals surface area contributed by atoms with Gasteiger partial charge in [-0.25, -0.2) is 0 Å². The van der Waals surface area contributed by atoms with Crippen LogP contribution in [-0.2, 0) is 17.6 Å². The number of carbonyl (C=O) groups excluding carboxylic acids is 1. The topological polar surface area (TPSA) is 70.6 Å². The minimum absolute atomic E-state index is 0.0617. The molecule has 1 amide bonds. The fourth-order valence-electron chi connectivity index (χ4n) is 4.67. The SMILES string of the molecule is CCc1ccc2c(c1)[C@@H](NC[C@@H](O)[C@H](Cc1ccccc1)NC=O)CC1(CCC1)O2. The summed E-state index contributed by atoms with van der Waals surface area (Å²) in [5, 5.41) is 17.3. The quantitative estimate of drug-likeness (QED) is 0.557. The maximum Gasteiger partial charge on any atom is 0.207 e. The number of nitrogens with one attached hydrogen (secondary N) is 2. The van der Waals surface area contributed by atoms with Gasteiger partial charge in [0.2, 0.25) is 6.41 Å². The summed E-state index contributed by atoms with van der Waals surface area (Å²) in [7, 11) is 0. The molecule has 0 aromatic heterocycles. The van der Waals surface area contributed by atoms with E-state index in [-0.39, 0.29) is 17.7 Å². The molecule has 1 heterocycles. The maximum atomic E-state index is 11.1. The zero-order chi connectivity index (χ0) is 21.0. The fourth-order valence-corrected chi connectivity index (χ4v) is 4.67. The van der Waals surface area contributed by atoms with Crippen molar-refractivity contribution in [1.29, 1.82) is 0 Å². The smallest absolute Gasteiger partial charge is 0.207 e. The molecule has 2 aromatic rings. The van der Waals surface area contributed by atoms with E-state index in [2.05, 4.69) is 35.8 Å². The minimum Gasteiger partial charge on any atom is -0.487 e. The van der Waals surface area contributed by atoms with Crippen LogP contribution in [0.2, 0.25) is 0 Å². The van der Waals surface area contributed by atoms with Crippen LogP contribution in [0.1, 0.15) is 55.3 Å². The molecular weight excluding hydrogens is 376 g/mol. The van der Waals surface area contributed by atoms with E-state index in [1.54, 1.807) is 0 Å². The van der Waals surface area contributed by atoms with Crippen LogP contribution in [0.25, 0.3) is 0 Å². The van der Waals surface area contributed by atoms with Gasteiger partial charge in [-0.2, -0.15) is 0 Å². The second-order valence-electron chi connectivity index (χ2n) is 8.68. The summed E-state index contributed by atoms with van der Waals surface area (Å²) >= 11 is 0. The van der Waals surface area contributed by atoms with Gasteiger partial charge < -0.3 is 20.5 Å². The molecule has 160 valence electrons. The molecule has 1 saturated carbocycles. The van der Waals surface area contributed by atoms with E-state index in [9.17, 15) is 9.90 Å². The molecule has 0 radical (unpaired) electrons. The lowest BCUT2D eigenvalue weighted by atomic mass is 9.72. The average molecular weight is 409 g/mol. The summed E-state index contributed by atoms with van der Waals surface area (Å²) in [6.07, 6.45) is 5.88. The third-order valence-electron chi connectivity index (χ3n) is 6.64. The van der Waals surface area contributed by atoms with Crippen molar-refractivity contribution in [2.45, 2.75) is 69.2 Å². The number of aryl methyl sites for hydroxylation is 1. The van der Waals surface area contributed by atoms with Gasteiger partial charge in [-0.15, -0.1) is 0 Å². The van der Waals surface area contributed by atoms with Gasteiger partial charge in [0, 0.05) is 24.6 Å². The standard InChI is InChI=1S/C25H32N2O3/c1-2-18-9-10-24-20(13-18)22(15-25(30-24)11-6-12-25)26-16-23(29)21(27-17-28)14-19-7-4-3-5-8-19/h3-5,7-10,13,17,21-23,26,29H,2,6,11-12,14-16H2,1H3,(H,27,28)/t21-,22-,23+/m0/s1. The summed E-state index contributed by atoms with van der Waals surface area (Å²) in [6, 6.07) is 16.2. The van der Waals surface area contributed by atoms with Crippen molar-refractivity contribution in [2.24, 2.45) is 0 Å². The molecule has 4 rings (SSSR count). The molecule has 2 aromatic carbocycles. The normalized spacial score (nSPS) is 21.1. The molecule has 1 spiro atoms. The zero-order valence-corrected chi connectivity index (χ0v) is 17.6. The Morgan fingerprint density at radius 3 is 2.67 bits per heavy atom. The van der Waals surface area contributed by atoms with E-state index in [0.29, 0.717) is 19.4 Å². The second kappa shape index (κ2) is 9.19. The maximum absolute atomic E-state index is 11.1. The second-order valence-corrected chi connectivity index (χ2v) is 8.68. The van der Waals surface area contributed by atoms with Gasteiger partial charge in [0.1, 0.15) is 11.4 Å². The van der Waals surface area contributed by atoms with E-state index in [4.69, 9.17) is 4.74 Å². The lowest BCUT2D eigenvalue weighted by Crippen LogP contribution is -2.51. The van der Waals surface area contributed by atoms with Crippen LogP contribution in [0.15, 0.2) is 48.5 Å². The summed E-state index contributed by atoms with van der Waals surface area (Å²) < 4.78 is 6.40. The summed E-state index contributed by atoms with van der Waals surface area (Å²) in [5.74, 6) is 0.969. The molecule has 1 fully saturated rings. The molecule has 1 aliphatic heterocycles. The third kappa shape index (κ3) is 4.52. The number of aliphatic hydroxyl groups excluding tert-OH is 1. The van der Waals surface area contributed by atoms with Gasteiger partial charge in [0.25, 0.3) is 0 Å². The van der Waals surface area contributed by atoms with Gasteiger partial charge in [0.05, 0.1) is 12.1 Å². The van der Waals surface area contributed by atoms with Crippen molar-refractivity contribution in [3.05, 3.63) is 65.2 Å². The van der Waals surface area contributed by atoms with Crippen molar-refractivity contribution < 1.29 is 14.6 Å². The largest absolute Gasteiger partial charge is 0.487 e. The number of benzene rings is 2.